The highest BCUT2D eigenvalue weighted by atomic mass is 16.5. The number of hydrogen-bond acceptors (Lipinski definition) is 4. The molecule has 1 aliphatic carbocycles. The Kier molecular flexibility index (Phi) is 3.35. The second kappa shape index (κ2) is 5.70. The van der Waals surface area contributed by atoms with E-state index in [1.165, 1.54) is 12.0 Å². The van der Waals surface area contributed by atoms with E-state index in [0.717, 1.165) is 48.6 Å². The smallest absolute Gasteiger partial charge is 0.153 e. The van der Waals surface area contributed by atoms with E-state index in [9.17, 15) is 0 Å². The number of nitrogens with zero attached hydrogens (tertiary/aromatic N) is 3. The van der Waals surface area contributed by atoms with Crippen molar-refractivity contribution >= 4 is 0 Å². The standard InChI is InChI=1S/C20H20N4O/c1-2-9-22-19(4-1)24-13-17(12-23-24)15-5-6-18-16(10-15)11-21-14-20(25-18)7-3-8-20/h1-2,4-6,9-10,12-13,21H,3,7-8,11,14H2. The van der Waals surface area contributed by atoms with Gasteiger partial charge in [0.25, 0.3) is 0 Å². The zero-order chi connectivity index (χ0) is 16.7. The van der Waals surface area contributed by atoms with Gasteiger partial charge < -0.3 is 10.1 Å². The molecule has 1 fully saturated rings. The summed E-state index contributed by atoms with van der Waals surface area (Å²) in [5, 5.41) is 8.00. The Morgan fingerprint density at radius 1 is 1.12 bits per heavy atom. The molecule has 3 heterocycles. The van der Waals surface area contributed by atoms with E-state index >= 15 is 0 Å². The van der Waals surface area contributed by atoms with Gasteiger partial charge in [-0.25, -0.2) is 9.67 Å². The molecule has 3 aromatic rings. The van der Waals surface area contributed by atoms with Crippen molar-refractivity contribution in [3.8, 4) is 22.7 Å². The van der Waals surface area contributed by atoms with Gasteiger partial charge in [0.2, 0.25) is 0 Å². The number of aromatic nitrogens is 3. The van der Waals surface area contributed by atoms with Crippen molar-refractivity contribution in [3.05, 3.63) is 60.6 Å². The fourth-order valence-corrected chi connectivity index (χ4v) is 3.63. The lowest BCUT2D eigenvalue weighted by Gasteiger charge is -2.41. The van der Waals surface area contributed by atoms with Crippen LogP contribution in [0.2, 0.25) is 0 Å². The predicted octanol–water partition coefficient (Wildman–Crippen LogP) is 3.34. The van der Waals surface area contributed by atoms with Gasteiger partial charge in [-0.2, -0.15) is 5.10 Å². The molecule has 0 saturated heterocycles. The molecular weight excluding hydrogens is 312 g/mol. The molecule has 126 valence electrons. The van der Waals surface area contributed by atoms with Crippen molar-refractivity contribution in [1.82, 2.24) is 20.1 Å². The molecule has 2 aromatic heterocycles. The van der Waals surface area contributed by atoms with Crippen molar-refractivity contribution < 1.29 is 4.74 Å². The minimum atomic E-state index is 0.0244. The fourth-order valence-electron chi connectivity index (χ4n) is 3.63. The van der Waals surface area contributed by atoms with Gasteiger partial charge in [0.05, 0.1) is 6.20 Å². The quantitative estimate of drug-likeness (QED) is 0.782. The van der Waals surface area contributed by atoms with Crippen LogP contribution < -0.4 is 10.1 Å². The zero-order valence-corrected chi connectivity index (χ0v) is 14.0. The Balaban J connectivity index is 1.46. The highest BCUT2D eigenvalue weighted by Gasteiger charge is 2.40. The normalized spacial score (nSPS) is 18.1. The lowest BCUT2D eigenvalue weighted by Crippen LogP contribution is -2.49. The van der Waals surface area contributed by atoms with Crippen molar-refractivity contribution in [2.75, 3.05) is 6.54 Å². The van der Waals surface area contributed by atoms with Gasteiger partial charge in [-0.3, -0.25) is 0 Å². The Labute approximate surface area is 146 Å². The molecule has 0 bridgehead atoms. The second-order valence-corrected chi connectivity index (χ2v) is 6.93. The Morgan fingerprint density at radius 2 is 2.08 bits per heavy atom. The average Bonchev–Trinajstić information content (AvgIpc) is 3.02. The molecule has 0 atom stereocenters. The molecule has 1 saturated carbocycles. The minimum Gasteiger partial charge on any atom is -0.486 e. The zero-order valence-electron chi connectivity index (χ0n) is 14.0. The van der Waals surface area contributed by atoms with Gasteiger partial charge in [0, 0.05) is 36.6 Å². The van der Waals surface area contributed by atoms with Gasteiger partial charge in [0.15, 0.2) is 5.82 Å². The van der Waals surface area contributed by atoms with Crippen LogP contribution in [-0.2, 0) is 6.54 Å². The van der Waals surface area contributed by atoms with Crippen molar-refractivity contribution in [3.63, 3.8) is 0 Å². The monoisotopic (exact) mass is 332 g/mol. The van der Waals surface area contributed by atoms with Crippen molar-refractivity contribution in [2.24, 2.45) is 0 Å². The molecule has 1 N–H and O–H groups in total. The summed E-state index contributed by atoms with van der Waals surface area (Å²) in [5.74, 6) is 1.84. The Morgan fingerprint density at radius 3 is 2.88 bits per heavy atom. The van der Waals surface area contributed by atoms with Crippen LogP contribution in [0.3, 0.4) is 0 Å². The summed E-state index contributed by atoms with van der Waals surface area (Å²) < 4.78 is 8.16. The topological polar surface area (TPSA) is 52.0 Å². The maximum atomic E-state index is 6.35. The lowest BCUT2D eigenvalue weighted by atomic mass is 9.80. The summed E-state index contributed by atoms with van der Waals surface area (Å²) in [6, 6.07) is 12.3. The molecule has 1 aliphatic heterocycles. The van der Waals surface area contributed by atoms with Crippen LogP contribution in [-0.4, -0.2) is 26.9 Å². The molecule has 5 heteroatoms. The van der Waals surface area contributed by atoms with Crippen LogP contribution in [0.4, 0.5) is 0 Å². The molecule has 5 nitrogen and oxygen atoms in total. The van der Waals surface area contributed by atoms with E-state index in [0.29, 0.717) is 0 Å². The first kappa shape index (κ1) is 14.7. The number of hydrogen-bond donors (Lipinski definition) is 1. The van der Waals surface area contributed by atoms with Crippen LogP contribution in [0.5, 0.6) is 5.75 Å². The van der Waals surface area contributed by atoms with Gasteiger partial charge in [-0.1, -0.05) is 12.1 Å². The summed E-state index contributed by atoms with van der Waals surface area (Å²) >= 11 is 0. The summed E-state index contributed by atoms with van der Waals surface area (Å²) in [4.78, 5) is 4.34. The first-order valence-corrected chi connectivity index (χ1v) is 8.81. The highest BCUT2D eigenvalue weighted by molar-refractivity contribution is 5.65. The molecule has 25 heavy (non-hydrogen) atoms. The van der Waals surface area contributed by atoms with Gasteiger partial charge >= 0.3 is 0 Å². The van der Waals surface area contributed by atoms with E-state index in [1.807, 2.05) is 30.6 Å². The molecule has 0 radical (unpaired) electrons. The van der Waals surface area contributed by atoms with Crippen LogP contribution in [0, 0.1) is 0 Å². The largest absolute Gasteiger partial charge is 0.486 e. The van der Waals surface area contributed by atoms with Crippen LogP contribution in [0.15, 0.2) is 55.0 Å². The number of nitrogens with one attached hydrogen (secondary N) is 1. The maximum absolute atomic E-state index is 6.35. The Hall–Kier alpha value is -2.66. The fraction of sp³-hybridized carbons (Fsp3) is 0.300. The van der Waals surface area contributed by atoms with E-state index < -0.39 is 0 Å². The SMILES string of the molecule is c1ccc(-n2cc(-c3ccc4c(c3)CNCC3(CCC3)O4)cn2)nc1. The van der Waals surface area contributed by atoms with Gasteiger partial charge in [-0.05, 0) is 49.1 Å². The van der Waals surface area contributed by atoms with E-state index in [1.54, 1.807) is 10.9 Å². The number of benzene rings is 1. The third kappa shape index (κ3) is 2.61. The highest BCUT2D eigenvalue weighted by Crippen LogP contribution is 2.39. The van der Waals surface area contributed by atoms with E-state index in [-0.39, 0.29) is 5.60 Å². The summed E-state index contributed by atoms with van der Waals surface area (Å²) in [6.07, 6.45) is 9.24. The number of ether oxygens (including phenoxy) is 1. The molecular formula is C20H20N4O. The van der Waals surface area contributed by atoms with E-state index in [4.69, 9.17) is 4.74 Å². The van der Waals surface area contributed by atoms with Crippen molar-refractivity contribution in [1.29, 1.82) is 0 Å². The van der Waals surface area contributed by atoms with E-state index in [2.05, 4.69) is 33.6 Å². The van der Waals surface area contributed by atoms with Gasteiger partial charge in [-0.15, -0.1) is 0 Å². The number of fused-ring (bicyclic) bond motifs is 1. The van der Waals surface area contributed by atoms with Crippen LogP contribution in [0.25, 0.3) is 16.9 Å². The average molecular weight is 332 g/mol. The summed E-state index contributed by atoms with van der Waals surface area (Å²) in [6.45, 7) is 1.79. The first-order valence-electron chi connectivity index (χ1n) is 8.81. The van der Waals surface area contributed by atoms with Crippen LogP contribution in [0.1, 0.15) is 24.8 Å². The number of pyridine rings is 1. The third-order valence-electron chi connectivity index (χ3n) is 5.21. The third-order valence-corrected chi connectivity index (χ3v) is 5.21. The maximum Gasteiger partial charge on any atom is 0.153 e. The number of rotatable bonds is 2. The summed E-state index contributed by atoms with van der Waals surface area (Å²) in [7, 11) is 0. The molecule has 5 rings (SSSR count). The molecule has 2 aliphatic rings. The molecule has 0 amide bonds. The molecule has 1 aromatic carbocycles. The first-order chi connectivity index (χ1) is 12.3. The van der Waals surface area contributed by atoms with Crippen molar-refractivity contribution in [2.45, 2.75) is 31.4 Å². The van der Waals surface area contributed by atoms with Gasteiger partial charge in [0.1, 0.15) is 11.4 Å². The second-order valence-electron chi connectivity index (χ2n) is 6.93. The summed E-state index contributed by atoms with van der Waals surface area (Å²) in [5.41, 5.74) is 3.47. The Bertz CT molecular complexity index is 899. The molecule has 1 spiro atoms. The van der Waals surface area contributed by atoms with Crippen LogP contribution >= 0.6 is 0 Å². The lowest BCUT2D eigenvalue weighted by molar-refractivity contribution is -0.00147. The molecule has 0 unspecified atom stereocenters. The minimum absolute atomic E-state index is 0.0244. The predicted molar refractivity (Wildman–Crippen MR) is 95.7 cm³/mol.